The summed E-state index contributed by atoms with van der Waals surface area (Å²) in [4.78, 5) is 0. The predicted molar refractivity (Wildman–Crippen MR) is 114 cm³/mol. The normalized spacial score (nSPS) is 10.8. The third-order valence-corrected chi connectivity index (χ3v) is 4.83. The summed E-state index contributed by atoms with van der Waals surface area (Å²) in [5.41, 5.74) is 2.07. The highest BCUT2D eigenvalue weighted by atomic mass is 79.9. The van der Waals surface area contributed by atoms with Crippen molar-refractivity contribution in [1.29, 1.82) is 0 Å². The molecule has 0 amide bonds. The minimum absolute atomic E-state index is 0.382. The number of hydrogen-bond acceptors (Lipinski definition) is 4. The second kappa shape index (κ2) is 12.2. The van der Waals surface area contributed by atoms with E-state index in [1.54, 1.807) is 0 Å². The second-order valence-corrected chi connectivity index (χ2v) is 7.21. The minimum atomic E-state index is 0.382. The van der Waals surface area contributed by atoms with Crippen LogP contribution in [-0.2, 0) is 17.9 Å². The van der Waals surface area contributed by atoms with E-state index in [2.05, 4.69) is 27.3 Å². The van der Waals surface area contributed by atoms with E-state index in [9.17, 15) is 0 Å². The first-order valence-electron chi connectivity index (χ1n) is 9.25. The molecule has 0 atom stereocenters. The molecule has 0 spiro atoms. The smallest absolute Gasteiger partial charge is 0.175 e. The molecule has 0 fully saturated rings. The summed E-state index contributed by atoms with van der Waals surface area (Å²) in [6.07, 6.45) is 0.992. The van der Waals surface area contributed by atoms with Crippen molar-refractivity contribution in [2.24, 2.45) is 0 Å². The molecular weight excluding hydrogens is 430 g/mol. The van der Waals surface area contributed by atoms with Crippen LogP contribution < -0.4 is 14.8 Å². The van der Waals surface area contributed by atoms with E-state index in [-0.39, 0.29) is 0 Å². The number of halogens is 2. The zero-order valence-electron chi connectivity index (χ0n) is 15.9. The molecule has 2 aromatic carbocycles. The van der Waals surface area contributed by atoms with Crippen LogP contribution in [0.1, 0.15) is 31.4 Å². The van der Waals surface area contributed by atoms with Gasteiger partial charge in [0.25, 0.3) is 0 Å². The maximum atomic E-state index is 6.22. The lowest BCUT2D eigenvalue weighted by molar-refractivity contribution is 0.144. The summed E-state index contributed by atoms with van der Waals surface area (Å²) in [5, 5.41) is 4.12. The van der Waals surface area contributed by atoms with E-state index in [1.807, 2.05) is 44.2 Å². The van der Waals surface area contributed by atoms with Gasteiger partial charge in [-0.2, -0.15) is 0 Å². The molecule has 6 heteroatoms. The zero-order chi connectivity index (χ0) is 19.5. The van der Waals surface area contributed by atoms with Crippen molar-refractivity contribution in [1.82, 2.24) is 5.32 Å². The summed E-state index contributed by atoms with van der Waals surface area (Å²) in [6.45, 7) is 8.14. The van der Waals surface area contributed by atoms with Crippen LogP contribution in [0.5, 0.6) is 11.5 Å². The quantitative estimate of drug-likeness (QED) is 0.422. The topological polar surface area (TPSA) is 39.7 Å². The van der Waals surface area contributed by atoms with Crippen molar-refractivity contribution >= 4 is 27.5 Å². The fourth-order valence-electron chi connectivity index (χ4n) is 2.57. The highest BCUT2D eigenvalue weighted by molar-refractivity contribution is 9.10. The van der Waals surface area contributed by atoms with Crippen molar-refractivity contribution in [3.63, 3.8) is 0 Å². The van der Waals surface area contributed by atoms with Crippen molar-refractivity contribution in [3.05, 3.63) is 57.0 Å². The van der Waals surface area contributed by atoms with Gasteiger partial charge in [-0.3, -0.25) is 0 Å². The Morgan fingerprint density at radius 2 is 1.89 bits per heavy atom. The number of ether oxygens (including phenoxy) is 3. The first kappa shape index (κ1) is 22.0. The highest BCUT2D eigenvalue weighted by Crippen LogP contribution is 2.37. The molecule has 2 rings (SSSR count). The van der Waals surface area contributed by atoms with Crippen molar-refractivity contribution < 1.29 is 14.2 Å². The van der Waals surface area contributed by atoms with Crippen LogP contribution in [0, 0.1) is 0 Å². The second-order valence-electron chi connectivity index (χ2n) is 5.95. The predicted octanol–water partition coefficient (Wildman–Crippen LogP) is 5.60. The van der Waals surface area contributed by atoms with Crippen LogP contribution in [0.25, 0.3) is 0 Å². The Kier molecular flexibility index (Phi) is 9.98. The lowest BCUT2D eigenvalue weighted by Crippen LogP contribution is -2.16. The molecule has 0 saturated heterocycles. The lowest BCUT2D eigenvalue weighted by Gasteiger charge is -2.16. The maximum absolute atomic E-state index is 6.22. The summed E-state index contributed by atoms with van der Waals surface area (Å²) in [6, 6.07) is 11.7. The lowest BCUT2D eigenvalue weighted by atomic mass is 10.2. The van der Waals surface area contributed by atoms with Gasteiger partial charge in [0.1, 0.15) is 6.61 Å². The van der Waals surface area contributed by atoms with E-state index in [4.69, 9.17) is 25.8 Å². The van der Waals surface area contributed by atoms with Crippen LogP contribution in [-0.4, -0.2) is 26.4 Å². The molecule has 0 radical (unpaired) electrons. The van der Waals surface area contributed by atoms with Gasteiger partial charge in [0.2, 0.25) is 0 Å². The molecule has 1 N–H and O–H groups in total. The van der Waals surface area contributed by atoms with Gasteiger partial charge in [0.05, 0.1) is 11.1 Å². The largest absolute Gasteiger partial charge is 0.490 e. The van der Waals surface area contributed by atoms with Crippen LogP contribution >= 0.6 is 27.5 Å². The Labute approximate surface area is 175 Å². The van der Waals surface area contributed by atoms with Crippen LogP contribution in [0.2, 0.25) is 5.02 Å². The molecule has 2 aromatic rings. The van der Waals surface area contributed by atoms with Gasteiger partial charge in [-0.1, -0.05) is 29.8 Å². The van der Waals surface area contributed by atoms with Gasteiger partial charge in [0, 0.05) is 30.3 Å². The van der Waals surface area contributed by atoms with E-state index >= 15 is 0 Å². The fraction of sp³-hybridized carbons (Fsp3) is 0.429. The van der Waals surface area contributed by atoms with E-state index < -0.39 is 0 Å². The molecule has 0 heterocycles. The summed E-state index contributed by atoms with van der Waals surface area (Å²) in [5.74, 6) is 1.42. The third-order valence-electron chi connectivity index (χ3n) is 3.87. The number of hydrogen-bond donors (Lipinski definition) is 1. The van der Waals surface area contributed by atoms with E-state index in [1.165, 1.54) is 0 Å². The van der Waals surface area contributed by atoms with Crippen molar-refractivity contribution in [2.75, 3.05) is 26.4 Å². The standard InChI is InChI=1S/C21H27BrClNO3/c1-3-25-11-7-10-24-14-16-12-18(22)21(20(13-16)26-4-2)27-15-17-8-5-6-9-19(17)23/h5-6,8-9,12-13,24H,3-4,7,10-11,14-15H2,1-2H3. The average molecular weight is 457 g/mol. The van der Waals surface area contributed by atoms with E-state index in [0.29, 0.717) is 24.0 Å². The minimum Gasteiger partial charge on any atom is -0.490 e. The summed E-state index contributed by atoms with van der Waals surface area (Å²) in [7, 11) is 0. The first-order valence-corrected chi connectivity index (χ1v) is 10.4. The number of nitrogens with one attached hydrogen (secondary N) is 1. The molecule has 0 aliphatic heterocycles. The molecule has 0 unspecified atom stereocenters. The Bertz CT molecular complexity index is 712. The van der Waals surface area contributed by atoms with Crippen LogP contribution in [0.3, 0.4) is 0 Å². The van der Waals surface area contributed by atoms with Crippen molar-refractivity contribution in [2.45, 2.75) is 33.4 Å². The Morgan fingerprint density at radius 3 is 2.63 bits per heavy atom. The van der Waals surface area contributed by atoms with Crippen LogP contribution in [0.4, 0.5) is 0 Å². The monoisotopic (exact) mass is 455 g/mol. The fourth-order valence-corrected chi connectivity index (χ4v) is 3.36. The van der Waals surface area contributed by atoms with Crippen molar-refractivity contribution in [3.8, 4) is 11.5 Å². The van der Waals surface area contributed by atoms with Gasteiger partial charge in [-0.25, -0.2) is 0 Å². The Morgan fingerprint density at radius 1 is 1.07 bits per heavy atom. The zero-order valence-corrected chi connectivity index (χ0v) is 18.2. The number of benzene rings is 2. The van der Waals surface area contributed by atoms with Gasteiger partial charge in [-0.05, 0) is 66.5 Å². The summed E-state index contributed by atoms with van der Waals surface area (Å²) >= 11 is 9.84. The number of rotatable bonds is 12. The van der Waals surface area contributed by atoms with Crippen LogP contribution in [0.15, 0.2) is 40.9 Å². The van der Waals surface area contributed by atoms with Gasteiger partial charge >= 0.3 is 0 Å². The van der Waals surface area contributed by atoms with Gasteiger partial charge in [0.15, 0.2) is 11.5 Å². The molecule has 148 valence electrons. The highest BCUT2D eigenvalue weighted by Gasteiger charge is 2.13. The molecule has 27 heavy (non-hydrogen) atoms. The molecule has 4 nitrogen and oxygen atoms in total. The average Bonchev–Trinajstić information content (AvgIpc) is 2.65. The molecular formula is C21H27BrClNO3. The van der Waals surface area contributed by atoms with Gasteiger partial charge in [-0.15, -0.1) is 0 Å². The molecule has 0 bridgehead atoms. The Hall–Kier alpha value is -1.27. The summed E-state index contributed by atoms with van der Waals surface area (Å²) < 4.78 is 18.0. The third kappa shape index (κ3) is 7.34. The van der Waals surface area contributed by atoms with E-state index in [0.717, 1.165) is 54.1 Å². The van der Waals surface area contributed by atoms with Gasteiger partial charge < -0.3 is 19.5 Å². The SMILES string of the molecule is CCOCCCNCc1cc(Br)c(OCc2ccccc2Cl)c(OCC)c1. The molecule has 0 saturated carbocycles. The molecule has 0 aliphatic carbocycles. The Balaban J connectivity index is 2.01. The maximum Gasteiger partial charge on any atom is 0.175 e. The molecule has 0 aromatic heterocycles. The first-order chi connectivity index (χ1) is 13.2. The molecule has 0 aliphatic rings.